The van der Waals surface area contributed by atoms with Crippen LogP contribution in [-0.2, 0) is 0 Å². The van der Waals surface area contributed by atoms with E-state index >= 15 is 0 Å². The summed E-state index contributed by atoms with van der Waals surface area (Å²) in [6.07, 6.45) is 1.62. The smallest absolute Gasteiger partial charge is 0.319 e. The summed E-state index contributed by atoms with van der Waals surface area (Å²) in [5.74, 6) is 1.77. The van der Waals surface area contributed by atoms with Gasteiger partial charge in [-0.15, -0.1) is 0 Å². The lowest BCUT2D eigenvalue weighted by atomic mass is 10.1. The van der Waals surface area contributed by atoms with Gasteiger partial charge in [-0.05, 0) is 56.1 Å². The van der Waals surface area contributed by atoms with Crippen molar-refractivity contribution in [2.75, 3.05) is 33.1 Å². The Kier molecular flexibility index (Phi) is 7.24. The van der Waals surface area contributed by atoms with E-state index < -0.39 is 0 Å². The monoisotopic (exact) mass is 406 g/mol. The van der Waals surface area contributed by atoms with Crippen LogP contribution in [0.1, 0.15) is 11.6 Å². The number of anilines is 1. The zero-order valence-corrected chi connectivity index (χ0v) is 17.3. The molecule has 2 aromatic carbocycles. The molecule has 30 heavy (non-hydrogen) atoms. The molecule has 1 atom stereocenters. The second-order valence-electron chi connectivity index (χ2n) is 6.86. The Morgan fingerprint density at radius 1 is 1.00 bits per heavy atom. The Bertz CT molecular complexity index is 946. The SMILES string of the molecule is COc1ccc([C@@H](CNC(=O)Nc2cccnc2Oc2ccccc2)N(C)C)cc1. The first kappa shape index (κ1) is 21.1. The van der Waals surface area contributed by atoms with Crippen LogP contribution < -0.4 is 20.1 Å². The predicted molar refractivity (Wildman–Crippen MR) is 117 cm³/mol. The Hall–Kier alpha value is -3.58. The molecule has 0 saturated carbocycles. The Balaban J connectivity index is 1.63. The van der Waals surface area contributed by atoms with Gasteiger partial charge < -0.3 is 25.0 Å². The largest absolute Gasteiger partial charge is 0.497 e. The molecule has 0 saturated heterocycles. The molecule has 1 aromatic heterocycles. The normalized spacial score (nSPS) is 11.6. The van der Waals surface area contributed by atoms with Crippen LogP contribution in [-0.4, -0.2) is 43.7 Å². The van der Waals surface area contributed by atoms with Gasteiger partial charge in [0.25, 0.3) is 0 Å². The summed E-state index contributed by atoms with van der Waals surface area (Å²) in [5, 5.41) is 5.74. The zero-order valence-electron chi connectivity index (χ0n) is 17.3. The van der Waals surface area contributed by atoms with Gasteiger partial charge in [0.1, 0.15) is 17.2 Å². The van der Waals surface area contributed by atoms with Crippen molar-refractivity contribution in [2.24, 2.45) is 0 Å². The van der Waals surface area contributed by atoms with E-state index in [1.54, 1.807) is 25.4 Å². The molecule has 0 aliphatic carbocycles. The number of nitrogens with zero attached hydrogens (tertiary/aromatic N) is 2. The highest BCUT2D eigenvalue weighted by molar-refractivity contribution is 5.90. The maximum absolute atomic E-state index is 12.5. The van der Waals surface area contributed by atoms with Crippen molar-refractivity contribution in [3.63, 3.8) is 0 Å². The third-order valence-corrected chi connectivity index (χ3v) is 4.56. The second-order valence-corrected chi connectivity index (χ2v) is 6.86. The summed E-state index contributed by atoms with van der Waals surface area (Å²) in [7, 11) is 5.58. The Morgan fingerprint density at radius 3 is 2.40 bits per heavy atom. The molecule has 0 aliphatic rings. The topological polar surface area (TPSA) is 75.7 Å². The first-order valence-corrected chi connectivity index (χ1v) is 9.60. The number of nitrogens with one attached hydrogen (secondary N) is 2. The number of benzene rings is 2. The second kappa shape index (κ2) is 10.3. The van der Waals surface area contributed by atoms with Crippen LogP contribution in [0.4, 0.5) is 10.5 Å². The van der Waals surface area contributed by atoms with E-state index in [2.05, 4.69) is 20.5 Å². The van der Waals surface area contributed by atoms with Crippen LogP contribution in [0.5, 0.6) is 17.4 Å². The van der Waals surface area contributed by atoms with Crippen molar-refractivity contribution in [3.8, 4) is 17.4 Å². The molecule has 156 valence electrons. The highest BCUT2D eigenvalue weighted by atomic mass is 16.5. The predicted octanol–water partition coefficient (Wildman–Crippen LogP) is 4.31. The lowest BCUT2D eigenvalue weighted by Gasteiger charge is -2.25. The molecule has 7 nitrogen and oxygen atoms in total. The maximum Gasteiger partial charge on any atom is 0.319 e. The number of hydrogen-bond donors (Lipinski definition) is 2. The van der Waals surface area contributed by atoms with Crippen molar-refractivity contribution < 1.29 is 14.3 Å². The molecule has 2 N–H and O–H groups in total. The first-order valence-electron chi connectivity index (χ1n) is 9.60. The maximum atomic E-state index is 12.5. The van der Waals surface area contributed by atoms with Gasteiger partial charge >= 0.3 is 6.03 Å². The molecule has 0 fully saturated rings. The van der Waals surface area contributed by atoms with Gasteiger partial charge in [-0.2, -0.15) is 0 Å². The van der Waals surface area contributed by atoms with Crippen molar-refractivity contribution in [2.45, 2.75) is 6.04 Å². The number of urea groups is 1. The average molecular weight is 406 g/mol. The molecule has 0 aliphatic heterocycles. The summed E-state index contributed by atoms with van der Waals surface area (Å²) < 4.78 is 11.0. The minimum Gasteiger partial charge on any atom is -0.497 e. The number of methoxy groups -OCH3 is 1. The Labute approximate surface area is 176 Å². The van der Waals surface area contributed by atoms with Crippen LogP contribution in [0.25, 0.3) is 0 Å². The number of likely N-dealkylation sites (N-methyl/N-ethyl adjacent to an activating group) is 1. The summed E-state index contributed by atoms with van der Waals surface area (Å²) in [4.78, 5) is 18.8. The summed E-state index contributed by atoms with van der Waals surface area (Å²) in [5.41, 5.74) is 1.57. The number of amides is 2. The number of rotatable bonds is 8. The molecule has 1 heterocycles. The fourth-order valence-electron chi connectivity index (χ4n) is 2.95. The third kappa shape index (κ3) is 5.71. The van der Waals surface area contributed by atoms with Crippen LogP contribution >= 0.6 is 0 Å². The van der Waals surface area contributed by atoms with E-state index in [4.69, 9.17) is 9.47 Å². The van der Waals surface area contributed by atoms with E-state index in [9.17, 15) is 4.79 Å². The number of ether oxygens (including phenoxy) is 2. The number of pyridine rings is 1. The van der Waals surface area contributed by atoms with Gasteiger partial charge in [0, 0.05) is 12.7 Å². The highest BCUT2D eigenvalue weighted by Gasteiger charge is 2.16. The van der Waals surface area contributed by atoms with Gasteiger partial charge in [-0.3, -0.25) is 0 Å². The fourth-order valence-corrected chi connectivity index (χ4v) is 2.95. The van der Waals surface area contributed by atoms with E-state index in [-0.39, 0.29) is 12.1 Å². The molecule has 0 unspecified atom stereocenters. The minimum atomic E-state index is -0.332. The minimum absolute atomic E-state index is 0.00981. The van der Waals surface area contributed by atoms with E-state index in [0.717, 1.165) is 11.3 Å². The van der Waals surface area contributed by atoms with Crippen LogP contribution in [0.15, 0.2) is 72.9 Å². The van der Waals surface area contributed by atoms with E-state index in [0.29, 0.717) is 23.9 Å². The van der Waals surface area contributed by atoms with Crippen molar-refractivity contribution in [1.82, 2.24) is 15.2 Å². The fraction of sp³-hybridized carbons (Fsp3) is 0.217. The van der Waals surface area contributed by atoms with Gasteiger partial charge in [-0.25, -0.2) is 9.78 Å². The standard InChI is InChI=1S/C23H26N4O3/c1-27(2)21(17-11-13-18(29-3)14-12-17)16-25-23(28)26-20-10-7-15-24-22(20)30-19-8-5-4-6-9-19/h4-15,21H,16H2,1-3H3,(H2,25,26,28)/t21-/m1/s1. The van der Waals surface area contributed by atoms with Crippen molar-refractivity contribution in [1.29, 1.82) is 0 Å². The number of para-hydroxylation sites is 1. The molecule has 2 amide bonds. The quantitative estimate of drug-likeness (QED) is 0.583. The van der Waals surface area contributed by atoms with Gasteiger partial charge in [0.2, 0.25) is 5.88 Å². The number of aromatic nitrogens is 1. The number of hydrogen-bond acceptors (Lipinski definition) is 5. The lowest BCUT2D eigenvalue weighted by molar-refractivity contribution is 0.243. The lowest BCUT2D eigenvalue weighted by Crippen LogP contribution is -2.37. The first-order chi connectivity index (χ1) is 14.6. The van der Waals surface area contributed by atoms with Gasteiger partial charge in [-0.1, -0.05) is 30.3 Å². The summed E-state index contributed by atoms with van der Waals surface area (Å²) in [6, 6.07) is 20.3. The third-order valence-electron chi connectivity index (χ3n) is 4.56. The molecule has 3 rings (SSSR count). The van der Waals surface area contributed by atoms with Gasteiger partial charge in [0.05, 0.1) is 13.2 Å². The molecular weight excluding hydrogens is 380 g/mol. The van der Waals surface area contributed by atoms with E-state index in [1.165, 1.54) is 0 Å². The molecule has 7 heteroatoms. The number of carbonyl (C=O) groups excluding carboxylic acids is 1. The molecular formula is C23H26N4O3. The van der Waals surface area contributed by atoms with Crippen LogP contribution in [0, 0.1) is 0 Å². The van der Waals surface area contributed by atoms with Crippen molar-refractivity contribution >= 4 is 11.7 Å². The van der Waals surface area contributed by atoms with Crippen LogP contribution in [0.2, 0.25) is 0 Å². The molecule has 0 bridgehead atoms. The number of carbonyl (C=O) groups is 1. The molecule has 0 spiro atoms. The van der Waals surface area contributed by atoms with E-state index in [1.807, 2.05) is 68.7 Å². The summed E-state index contributed by atoms with van der Waals surface area (Å²) in [6.45, 7) is 0.431. The average Bonchev–Trinajstić information content (AvgIpc) is 2.76. The van der Waals surface area contributed by atoms with Crippen LogP contribution in [0.3, 0.4) is 0 Å². The van der Waals surface area contributed by atoms with Gasteiger partial charge in [0.15, 0.2) is 0 Å². The summed E-state index contributed by atoms with van der Waals surface area (Å²) >= 11 is 0. The zero-order chi connectivity index (χ0) is 21.3. The Morgan fingerprint density at radius 2 is 1.73 bits per heavy atom. The molecule has 3 aromatic rings. The van der Waals surface area contributed by atoms with Crippen molar-refractivity contribution in [3.05, 3.63) is 78.5 Å². The molecule has 0 radical (unpaired) electrons. The highest BCUT2D eigenvalue weighted by Crippen LogP contribution is 2.26.